The van der Waals surface area contributed by atoms with E-state index in [0.29, 0.717) is 19.8 Å². The first-order valence-corrected chi connectivity index (χ1v) is 7.01. The minimum absolute atomic E-state index is 0.238. The Morgan fingerprint density at radius 1 is 1.55 bits per heavy atom. The molecule has 1 aliphatic heterocycles. The second-order valence-corrected chi connectivity index (χ2v) is 5.46. The summed E-state index contributed by atoms with van der Waals surface area (Å²) in [6.45, 7) is 6.84. The fourth-order valence-corrected chi connectivity index (χ4v) is 2.51. The molecule has 1 aromatic rings. The molecule has 0 amide bonds. The van der Waals surface area contributed by atoms with E-state index in [1.807, 2.05) is 13.1 Å². The molecule has 2 rings (SSSR count). The van der Waals surface area contributed by atoms with Gasteiger partial charge >= 0.3 is 0 Å². The summed E-state index contributed by atoms with van der Waals surface area (Å²) in [7, 11) is 3.45. The highest BCUT2D eigenvalue weighted by atomic mass is 16.5. The van der Waals surface area contributed by atoms with Crippen LogP contribution in [0.25, 0.3) is 0 Å². The maximum absolute atomic E-state index is 5.63. The zero-order valence-corrected chi connectivity index (χ0v) is 12.8. The van der Waals surface area contributed by atoms with Crippen molar-refractivity contribution in [3.63, 3.8) is 0 Å². The summed E-state index contributed by atoms with van der Waals surface area (Å²) in [6.07, 6.45) is 2.94. The Balaban J connectivity index is 2.05. The fourth-order valence-electron chi connectivity index (χ4n) is 2.51. The van der Waals surface area contributed by atoms with Gasteiger partial charge in [0.1, 0.15) is 5.60 Å². The first kappa shape index (κ1) is 15.3. The first-order chi connectivity index (χ1) is 9.60. The molecule has 2 heterocycles. The third-order valence-electron chi connectivity index (χ3n) is 3.80. The van der Waals surface area contributed by atoms with Crippen LogP contribution in [0.4, 0.5) is 5.95 Å². The van der Waals surface area contributed by atoms with Crippen molar-refractivity contribution in [2.45, 2.75) is 31.9 Å². The van der Waals surface area contributed by atoms with E-state index in [-0.39, 0.29) is 11.6 Å². The van der Waals surface area contributed by atoms with Gasteiger partial charge in [0.25, 0.3) is 0 Å². The van der Waals surface area contributed by atoms with Crippen LogP contribution in [-0.2, 0) is 14.2 Å². The number of rotatable bonds is 7. The zero-order valence-electron chi connectivity index (χ0n) is 12.8. The predicted octanol–water partition coefficient (Wildman–Crippen LogP) is 1.62. The number of hydrogen-bond acceptors (Lipinski definition) is 5. The molecule has 20 heavy (non-hydrogen) atoms. The van der Waals surface area contributed by atoms with Gasteiger partial charge in [-0.2, -0.15) is 0 Å². The van der Waals surface area contributed by atoms with Gasteiger partial charge in [0.15, 0.2) is 0 Å². The molecule has 0 aromatic carbocycles. The van der Waals surface area contributed by atoms with E-state index in [0.717, 1.165) is 24.7 Å². The Labute approximate surface area is 120 Å². The Hall–Kier alpha value is -1.11. The molecule has 0 spiro atoms. The molecule has 1 aromatic heterocycles. The fraction of sp³-hybridized carbons (Fsp3) is 0.786. The van der Waals surface area contributed by atoms with E-state index >= 15 is 0 Å². The summed E-state index contributed by atoms with van der Waals surface area (Å²) in [5, 5.41) is 3.40. The average molecular weight is 283 g/mol. The number of anilines is 1. The summed E-state index contributed by atoms with van der Waals surface area (Å²) < 4.78 is 18.4. The molecule has 0 bridgehead atoms. The molecular formula is C14H25N3O3. The van der Waals surface area contributed by atoms with Gasteiger partial charge in [-0.05, 0) is 13.8 Å². The van der Waals surface area contributed by atoms with Gasteiger partial charge in [-0.15, -0.1) is 0 Å². The molecule has 6 heteroatoms. The number of imidazole rings is 1. The van der Waals surface area contributed by atoms with Gasteiger partial charge in [-0.25, -0.2) is 4.98 Å². The van der Waals surface area contributed by atoms with Gasteiger partial charge in [0.2, 0.25) is 5.95 Å². The molecular weight excluding hydrogens is 258 g/mol. The lowest BCUT2D eigenvalue weighted by molar-refractivity contribution is -0.00638. The van der Waals surface area contributed by atoms with Crippen LogP contribution in [-0.4, -0.2) is 55.7 Å². The van der Waals surface area contributed by atoms with Crippen molar-refractivity contribution in [1.29, 1.82) is 0 Å². The summed E-state index contributed by atoms with van der Waals surface area (Å²) in [5.41, 5.74) is 0.749. The molecule has 1 aliphatic rings. The third kappa shape index (κ3) is 3.31. The lowest BCUT2D eigenvalue weighted by Crippen LogP contribution is -2.40. The molecule has 0 radical (unpaired) electrons. The largest absolute Gasteiger partial charge is 0.383 e. The van der Waals surface area contributed by atoms with Crippen LogP contribution in [0, 0.1) is 6.92 Å². The van der Waals surface area contributed by atoms with Crippen molar-refractivity contribution in [2.75, 3.05) is 45.9 Å². The summed E-state index contributed by atoms with van der Waals surface area (Å²) in [5.74, 6) is 0.857. The van der Waals surface area contributed by atoms with E-state index in [1.54, 1.807) is 14.2 Å². The first-order valence-electron chi connectivity index (χ1n) is 7.01. The van der Waals surface area contributed by atoms with Crippen molar-refractivity contribution < 1.29 is 14.2 Å². The number of aryl methyl sites for hydroxylation is 1. The minimum Gasteiger partial charge on any atom is -0.383 e. The van der Waals surface area contributed by atoms with Crippen LogP contribution in [0.2, 0.25) is 0 Å². The molecule has 2 atom stereocenters. The van der Waals surface area contributed by atoms with Crippen molar-refractivity contribution in [2.24, 2.45) is 0 Å². The summed E-state index contributed by atoms with van der Waals surface area (Å²) in [6, 6.07) is 0.238. The zero-order chi connectivity index (χ0) is 14.6. The molecule has 2 unspecified atom stereocenters. The maximum atomic E-state index is 5.63. The van der Waals surface area contributed by atoms with E-state index in [2.05, 4.69) is 21.8 Å². The SMILES string of the molecule is COCC(C)n1cc(C)nc1NCC1(OC)CCOC1. The summed E-state index contributed by atoms with van der Waals surface area (Å²) >= 11 is 0. The van der Waals surface area contributed by atoms with E-state index in [1.165, 1.54) is 0 Å². The summed E-state index contributed by atoms with van der Waals surface area (Å²) in [4.78, 5) is 4.54. The van der Waals surface area contributed by atoms with Crippen LogP contribution in [0.3, 0.4) is 0 Å². The number of hydrogen-bond donors (Lipinski definition) is 1. The van der Waals surface area contributed by atoms with Crippen molar-refractivity contribution in [3.05, 3.63) is 11.9 Å². The van der Waals surface area contributed by atoms with Gasteiger partial charge in [0.05, 0.1) is 24.9 Å². The normalized spacial score (nSPS) is 24.0. The second-order valence-electron chi connectivity index (χ2n) is 5.46. The van der Waals surface area contributed by atoms with Gasteiger partial charge in [0, 0.05) is 40.0 Å². The molecule has 114 valence electrons. The maximum Gasteiger partial charge on any atom is 0.203 e. The van der Waals surface area contributed by atoms with Gasteiger partial charge in [-0.3, -0.25) is 0 Å². The monoisotopic (exact) mass is 283 g/mol. The van der Waals surface area contributed by atoms with Crippen molar-refractivity contribution in [3.8, 4) is 0 Å². The highest BCUT2D eigenvalue weighted by Gasteiger charge is 2.35. The molecule has 1 N–H and O–H groups in total. The van der Waals surface area contributed by atoms with Gasteiger partial charge < -0.3 is 24.1 Å². The molecule has 0 saturated carbocycles. The predicted molar refractivity (Wildman–Crippen MR) is 77.2 cm³/mol. The highest BCUT2D eigenvalue weighted by molar-refractivity contribution is 5.30. The molecule has 6 nitrogen and oxygen atoms in total. The average Bonchev–Trinajstić information content (AvgIpc) is 3.04. The van der Waals surface area contributed by atoms with Crippen molar-refractivity contribution >= 4 is 5.95 Å². The van der Waals surface area contributed by atoms with Crippen LogP contribution in [0.1, 0.15) is 25.1 Å². The van der Waals surface area contributed by atoms with Crippen LogP contribution in [0.5, 0.6) is 0 Å². The lowest BCUT2D eigenvalue weighted by Gasteiger charge is -2.26. The van der Waals surface area contributed by atoms with Crippen molar-refractivity contribution in [1.82, 2.24) is 9.55 Å². The Bertz CT molecular complexity index is 427. The van der Waals surface area contributed by atoms with E-state index < -0.39 is 0 Å². The van der Waals surface area contributed by atoms with E-state index in [4.69, 9.17) is 14.2 Å². The topological polar surface area (TPSA) is 57.5 Å². The molecule has 1 fully saturated rings. The Morgan fingerprint density at radius 3 is 2.95 bits per heavy atom. The number of methoxy groups -OCH3 is 2. The number of nitrogens with one attached hydrogen (secondary N) is 1. The minimum atomic E-state index is -0.241. The lowest BCUT2D eigenvalue weighted by atomic mass is 10.0. The Kier molecular flexibility index (Phi) is 5.01. The standard InChI is InChI=1S/C14H25N3O3/c1-11-7-17(12(2)8-18-3)13(16-11)15-9-14(19-4)5-6-20-10-14/h7,12H,5-6,8-10H2,1-4H3,(H,15,16). The molecule has 0 aliphatic carbocycles. The van der Waals surface area contributed by atoms with Crippen LogP contribution >= 0.6 is 0 Å². The quantitative estimate of drug-likeness (QED) is 0.824. The third-order valence-corrected chi connectivity index (χ3v) is 3.80. The Morgan fingerprint density at radius 2 is 2.35 bits per heavy atom. The van der Waals surface area contributed by atoms with Crippen LogP contribution in [0.15, 0.2) is 6.20 Å². The number of aromatic nitrogens is 2. The smallest absolute Gasteiger partial charge is 0.203 e. The molecule has 1 saturated heterocycles. The number of nitrogens with zero attached hydrogens (tertiary/aromatic N) is 2. The number of ether oxygens (including phenoxy) is 3. The van der Waals surface area contributed by atoms with Gasteiger partial charge in [-0.1, -0.05) is 0 Å². The highest BCUT2D eigenvalue weighted by Crippen LogP contribution is 2.24. The second kappa shape index (κ2) is 6.56. The van der Waals surface area contributed by atoms with Crippen LogP contribution < -0.4 is 5.32 Å². The van der Waals surface area contributed by atoms with E-state index in [9.17, 15) is 0 Å².